The quantitative estimate of drug-likeness (QED) is 0.575. The van der Waals surface area contributed by atoms with Crippen LogP contribution in [-0.2, 0) is 13.6 Å². The summed E-state index contributed by atoms with van der Waals surface area (Å²) in [6.45, 7) is 7.58. The Morgan fingerprint density at radius 3 is 2.74 bits per heavy atom. The van der Waals surface area contributed by atoms with E-state index >= 15 is 0 Å². The SMILES string of the molecule is Cc1cccc(NCCn2c(C)cn3c4c(=O)[nH]c(=O)n(C)c4nc23)c1C. The van der Waals surface area contributed by atoms with Gasteiger partial charge in [-0.2, -0.15) is 4.98 Å². The molecule has 0 aliphatic rings. The molecular formula is C19H22N6O2. The zero-order valence-corrected chi connectivity index (χ0v) is 15.8. The third kappa shape index (κ3) is 2.64. The Hall–Kier alpha value is -3.29. The zero-order valence-electron chi connectivity index (χ0n) is 15.8. The van der Waals surface area contributed by atoms with Crippen LogP contribution in [0.4, 0.5) is 5.69 Å². The highest BCUT2D eigenvalue weighted by Crippen LogP contribution is 2.19. The fraction of sp³-hybridized carbons (Fsp3) is 0.316. The average molecular weight is 366 g/mol. The summed E-state index contributed by atoms with van der Waals surface area (Å²) in [5, 5.41) is 3.47. The first kappa shape index (κ1) is 17.1. The number of aromatic amines is 1. The fourth-order valence-electron chi connectivity index (χ4n) is 3.44. The molecule has 0 unspecified atom stereocenters. The topological polar surface area (TPSA) is 89.1 Å². The van der Waals surface area contributed by atoms with Crippen molar-refractivity contribution in [2.75, 3.05) is 11.9 Å². The summed E-state index contributed by atoms with van der Waals surface area (Å²) in [7, 11) is 1.60. The number of aryl methyl sites for hydroxylation is 3. The van der Waals surface area contributed by atoms with Crippen molar-refractivity contribution in [3.05, 3.63) is 62.1 Å². The van der Waals surface area contributed by atoms with Crippen LogP contribution in [0.3, 0.4) is 0 Å². The Bertz CT molecular complexity index is 1290. The second-order valence-corrected chi connectivity index (χ2v) is 6.87. The van der Waals surface area contributed by atoms with Crippen LogP contribution in [-0.4, -0.2) is 30.0 Å². The molecule has 4 aromatic rings. The average Bonchev–Trinajstić information content (AvgIpc) is 3.13. The first-order valence-corrected chi connectivity index (χ1v) is 8.85. The van der Waals surface area contributed by atoms with Gasteiger partial charge in [0.15, 0.2) is 11.2 Å². The minimum Gasteiger partial charge on any atom is -0.383 e. The highest BCUT2D eigenvalue weighted by atomic mass is 16.2. The van der Waals surface area contributed by atoms with Gasteiger partial charge in [-0.3, -0.25) is 18.7 Å². The first-order chi connectivity index (χ1) is 12.9. The smallest absolute Gasteiger partial charge is 0.329 e. The summed E-state index contributed by atoms with van der Waals surface area (Å²) in [5.41, 5.74) is 4.48. The molecule has 0 saturated heterocycles. The van der Waals surface area contributed by atoms with E-state index in [2.05, 4.69) is 41.3 Å². The van der Waals surface area contributed by atoms with E-state index in [1.807, 2.05) is 23.8 Å². The van der Waals surface area contributed by atoms with Gasteiger partial charge < -0.3 is 9.88 Å². The number of aromatic nitrogens is 5. The number of hydrogen-bond donors (Lipinski definition) is 2. The maximum atomic E-state index is 12.3. The number of hydrogen-bond acceptors (Lipinski definition) is 4. The molecule has 0 radical (unpaired) electrons. The van der Waals surface area contributed by atoms with E-state index in [0.717, 1.165) is 11.4 Å². The van der Waals surface area contributed by atoms with Gasteiger partial charge in [-0.1, -0.05) is 12.1 Å². The molecule has 2 N–H and O–H groups in total. The number of nitrogens with zero attached hydrogens (tertiary/aromatic N) is 4. The lowest BCUT2D eigenvalue weighted by Crippen LogP contribution is -2.28. The Kier molecular flexibility index (Phi) is 3.91. The Morgan fingerprint density at radius 2 is 1.96 bits per heavy atom. The minimum absolute atomic E-state index is 0.384. The Labute approximate surface area is 155 Å². The van der Waals surface area contributed by atoms with E-state index in [-0.39, 0.29) is 0 Å². The maximum absolute atomic E-state index is 12.3. The number of imidazole rings is 2. The fourth-order valence-corrected chi connectivity index (χ4v) is 3.44. The van der Waals surface area contributed by atoms with E-state index in [9.17, 15) is 9.59 Å². The van der Waals surface area contributed by atoms with Crippen molar-refractivity contribution in [3.8, 4) is 0 Å². The predicted molar refractivity (Wildman–Crippen MR) is 106 cm³/mol. The number of fused-ring (bicyclic) bond motifs is 3. The van der Waals surface area contributed by atoms with Crippen LogP contribution in [0.1, 0.15) is 16.8 Å². The number of nitrogens with one attached hydrogen (secondary N) is 2. The van der Waals surface area contributed by atoms with Crippen molar-refractivity contribution < 1.29 is 0 Å². The predicted octanol–water partition coefficient (Wildman–Crippen LogP) is 1.71. The monoisotopic (exact) mass is 366 g/mol. The van der Waals surface area contributed by atoms with Crippen LogP contribution in [0, 0.1) is 20.8 Å². The molecule has 3 heterocycles. The summed E-state index contributed by atoms with van der Waals surface area (Å²) in [6, 6.07) is 6.20. The summed E-state index contributed by atoms with van der Waals surface area (Å²) in [5.74, 6) is 0.650. The first-order valence-electron chi connectivity index (χ1n) is 8.85. The van der Waals surface area contributed by atoms with Crippen molar-refractivity contribution in [1.29, 1.82) is 0 Å². The van der Waals surface area contributed by atoms with E-state index in [1.165, 1.54) is 15.7 Å². The van der Waals surface area contributed by atoms with Crippen molar-refractivity contribution in [2.24, 2.45) is 7.05 Å². The zero-order chi connectivity index (χ0) is 19.3. The van der Waals surface area contributed by atoms with Gasteiger partial charge >= 0.3 is 5.69 Å². The Balaban J connectivity index is 1.71. The number of rotatable bonds is 4. The lowest BCUT2D eigenvalue weighted by atomic mass is 10.1. The number of benzene rings is 1. The van der Waals surface area contributed by atoms with Crippen molar-refractivity contribution in [3.63, 3.8) is 0 Å². The molecule has 140 valence electrons. The molecule has 1 aromatic carbocycles. The summed E-state index contributed by atoms with van der Waals surface area (Å²) in [6.07, 6.45) is 1.88. The van der Waals surface area contributed by atoms with Gasteiger partial charge in [-0.15, -0.1) is 0 Å². The highest BCUT2D eigenvalue weighted by molar-refractivity contribution is 5.75. The van der Waals surface area contributed by atoms with Crippen LogP contribution in [0.25, 0.3) is 16.9 Å². The van der Waals surface area contributed by atoms with Gasteiger partial charge in [0, 0.05) is 37.7 Å². The molecule has 27 heavy (non-hydrogen) atoms. The van der Waals surface area contributed by atoms with Gasteiger partial charge in [0.2, 0.25) is 5.78 Å². The molecule has 0 saturated carbocycles. The molecule has 0 spiro atoms. The lowest BCUT2D eigenvalue weighted by molar-refractivity contribution is 0.724. The molecule has 0 aliphatic heterocycles. The third-order valence-corrected chi connectivity index (χ3v) is 5.17. The summed E-state index contributed by atoms with van der Waals surface area (Å²) in [4.78, 5) is 31.0. The van der Waals surface area contributed by atoms with Crippen molar-refractivity contribution in [1.82, 2.24) is 23.5 Å². The Morgan fingerprint density at radius 1 is 1.19 bits per heavy atom. The molecule has 0 bridgehead atoms. The van der Waals surface area contributed by atoms with Gasteiger partial charge in [0.05, 0.1) is 0 Å². The largest absolute Gasteiger partial charge is 0.383 e. The maximum Gasteiger partial charge on any atom is 0.329 e. The van der Waals surface area contributed by atoms with Crippen LogP contribution in [0.2, 0.25) is 0 Å². The van der Waals surface area contributed by atoms with Crippen LogP contribution in [0.15, 0.2) is 34.0 Å². The van der Waals surface area contributed by atoms with E-state index in [0.29, 0.717) is 30.0 Å². The van der Waals surface area contributed by atoms with Gasteiger partial charge in [-0.25, -0.2) is 4.79 Å². The van der Waals surface area contributed by atoms with Crippen LogP contribution < -0.4 is 16.6 Å². The second kappa shape index (κ2) is 6.15. The molecule has 4 rings (SSSR count). The summed E-state index contributed by atoms with van der Waals surface area (Å²) < 4.78 is 5.15. The molecule has 0 atom stereocenters. The normalized spacial score (nSPS) is 11.6. The summed E-state index contributed by atoms with van der Waals surface area (Å²) >= 11 is 0. The molecular weight excluding hydrogens is 344 g/mol. The molecule has 0 amide bonds. The molecule has 8 heteroatoms. The van der Waals surface area contributed by atoms with E-state index in [1.54, 1.807) is 11.4 Å². The van der Waals surface area contributed by atoms with Crippen LogP contribution >= 0.6 is 0 Å². The standard InChI is InChI=1S/C19H22N6O2/c1-11-6-5-7-14(13(11)3)20-8-9-24-12(2)10-25-15-16(21-18(24)25)23(4)19(27)22-17(15)26/h5-7,10,20H,8-9H2,1-4H3,(H,22,26,27). The van der Waals surface area contributed by atoms with E-state index < -0.39 is 11.2 Å². The number of H-pyrrole nitrogens is 1. The highest BCUT2D eigenvalue weighted by Gasteiger charge is 2.17. The van der Waals surface area contributed by atoms with Gasteiger partial charge in [-0.05, 0) is 38.0 Å². The van der Waals surface area contributed by atoms with Gasteiger partial charge in [0.25, 0.3) is 5.56 Å². The molecule has 0 fully saturated rings. The number of anilines is 1. The molecule has 3 aromatic heterocycles. The lowest BCUT2D eigenvalue weighted by Gasteiger charge is -2.12. The van der Waals surface area contributed by atoms with Crippen LogP contribution in [0.5, 0.6) is 0 Å². The van der Waals surface area contributed by atoms with Crippen molar-refractivity contribution in [2.45, 2.75) is 27.3 Å². The minimum atomic E-state index is -0.465. The van der Waals surface area contributed by atoms with Crippen molar-refractivity contribution >= 4 is 22.6 Å². The van der Waals surface area contributed by atoms with Gasteiger partial charge in [0.1, 0.15) is 0 Å². The third-order valence-electron chi connectivity index (χ3n) is 5.17. The van der Waals surface area contributed by atoms with E-state index in [4.69, 9.17) is 0 Å². The molecule has 0 aliphatic carbocycles. The second-order valence-electron chi connectivity index (χ2n) is 6.87. The molecule has 8 nitrogen and oxygen atoms in total.